The molecule has 8 heteroatoms. The van der Waals surface area contributed by atoms with Gasteiger partial charge in [0.25, 0.3) is 0 Å². The van der Waals surface area contributed by atoms with Crippen LogP contribution in [0.25, 0.3) is 0 Å². The average Bonchev–Trinajstić information content (AvgIpc) is 3.26. The van der Waals surface area contributed by atoms with Gasteiger partial charge in [-0.2, -0.15) is 0 Å². The molecule has 4 rings (SSSR count). The molecule has 7 nitrogen and oxygen atoms in total. The monoisotopic (exact) mass is 438 g/mol. The van der Waals surface area contributed by atoms with Crippen LogP contribution in [0, 0.1) is 5.82 Å². The van der Waals surface area contributed by atoms with Crippen LogP contribution in [0.3, 0.4) is 0 Å². The minimum absolute atomic E-state index is 0.109. The summed E-state index contributed by atoms with van der Waals surface area (Å²) in [5.41, 5.74) is 1.51. The maximum atomic E-state index is 14.3. The second kappa shape index (κ2) is 9.24. The Morgan fingerprint density at radius 2 is 1.69 bits per heavy atom. The van der Waals surface area contributed by atoms with Crippen LogP contribution in [-0.2, 0) is 5.54 Å². The van der Waals surface area contributed by atoms with Crippen molar-refractivity contribution in [3.05, 3.63) is 65.7 Å². The first-order valence-electron chi connectivity index (χ1n) is 11.1. The Morgan fingerprint density at radius 1 is 1.00 bits per heavy atom. The largest absolute Gasteiger partial charge is 0.494 e. The molecule has 2 aromatic carbocycles. The first-order chi connectivity index (χ1) is 15.4. The Bertz CT molecular complexity index is 1020. The third-order valence-electron chi connectivity index (χ3n) is 5.75. The quantitative estimate of drug-likeness (QED) is 0.582. The zero-order chi connectivity index (χ0) is 22.7. The number of piperazine rings is 1. The third kappa shape index (κ3) is 4.60. The highest BCUT2D eigenvalue weighted by Crippen LogP contribution is 2.32. The predicted octanol–water partition coefficient (Wildman–Crippen LogP) is 3.88. The Kier molecular flexibility index (Phi) is 6.41. The van der Waals surface area contributed by atoms with Crippen molar-refractivity contribution in [2.75, 3.05) is 37.7 Å². The standard InChI is InChI=1S/C24H31FN6O/c1-5-32-19-12-10-18(11-13-19)22(23-26-27-28-31(23)24(2,3)4)30-16-14-29(15-17-30)21-9-7-6-8-20(21)25/h6-13,22H,5,14-17H2,1-4H3. The molecule has 1 unspecified atom stereocenters. The van der Waals surface area contributed by atoms with Crippen LogP contribution in [0.5, 0.6) is 5.75 Å². The molecule has 1 fully saturated rings. The Hall–Kier alpha value is -3.00. The number of ether oxygens (including phenoxy) is 1. The lowest BCUT2D eigenvalue weighted by Crippen LogP contribution is -2.49. The van der Waals surface area contributed by atoms with E-state index in [4.69, 9.17) is 4.74 Å². The SMILES string of the molecule is CCOc1ccc(C(c2nnnn2C(C)(C)C)N2CCN(c3ccccc3F)CC2)cc1. The van der Waals surface area contributed by atoms with Crippen molar-refractivity contribution in [3.63, 3.8) is 0 Å². The normalized spacial score (nSPS) is 16.2. The minimum atomic E-state index is -0.253. The van der Waals surface area contributed by atoms with Gasteiger partial charge >= 0.3 is 0 Å². The fourth-order valence-electron chi connectivity index (χ4n) is 4.21. The third-order valence-corrected chi connectivity index (χ3v) is 5.75. The summed E-state index contributed by atoms with van der Waals surface area (Å²) in [6.45, 7) is 11.9. The Balaban J connectivity index is 1.63. The highest BCUT2D eigenvalue weighted by molar-refractivity contribution is 5.48. The molecular formula is C24H31FN6O. The molecule has 0 aliphatic carbocycles. The Labute approximate surface area is 188 Å². The van der Waals surface area contributed by atoms with Gasteiger partial charge in [-0.15, -0.1) is 5.10 Å². The van der Waals surface area contributed by atoms with Crippen molar-refractivity contribution in [2.45, 2.75) is 39.3 Å². The van der Waals surface area contributed by atoms with Crippen molar-refractivity contribution in [1.29, 1.82) is 0 Å². The molecule has 0 saturated carbocycles. The van der Waals surface area contributed by atoms with E-state index in [-0.39, 0.29) is 17.4 Å². The summed E-state index contributed by atoms with van der Waals surface area (Å²) >= 11 is 0. The number of aromatic nitrogens is 4. The van der Waals surface area contributed by atoms with E-state index >= 15 is 0 Å². The summed E-state index contributed by atoms with van der Waals surface area (Å²) < 4.78 is 21.8. The molecule has 1 aromatic heterocycles. The summed E-state index contributed by atoms with van der Waals surface area (Å²) in [4.78, 5) is 4.48. The van der Waals surface area contributed by atoms with Crippen molar-refractivity contribution in [2.24, 2.45) is 0 Å². The second-order valence-corrected chi connectivity index (χ2v) is 9.00. The van der Waals surface area contributed by atoms with E-state index in [1.807, 2.05) is 35.9 Å². The van der Waals surface area contributed by atoms with E-state index in [1.54, 1.807) is 6.07 Å². The first kappa shape index (κ1) is 22.2. The maximum absolute atomic E-state index is 14.3. The molecule has 0 bridgehead atoms. The van der Waals surface area contributed by atoms with Gasteiger partial charge in [-0.3, -0.25) is 4.90 Å². The molecule has 0 radical (unpaired) electrons. The van der Waals surface area contributed by atoms with Gasteiger partial charge in [-0.1, -0.05) is 24.3 Å². The molecular weight excluding hydrogens is 407 g/mol. The van der Waals surface area contributed by atoms with Crippen molar-refractivity contribution in [1.82, 2.24) is 25.1 Å². The van der Waals surface area contributed by atoms with Crippen molar-refractivity contribution < 1.29 is 9.13 Å². The van der Waals surface area contributed by atoms with Gasteiger partial charge < -0.3 is 9.64 Å². The number of halogens is 1. The van der Waals surface area contributed by atoms with E-state index in [0.717, 1.165) is 43.3 Å². The highest BCUT2D eigenvalue weighted by Gasteiger charge is 2.33. The van der Waals surface area contributed by atoms with E-state index in [1.165, 1.54) is 6.07 Å². The number of hydrogen-bond donors (Lipinski definition) is 0. The molecule has 32 heavy (non-hydrogen) atoms. The van der Waals surface area contributed by atoms with Gasteiger partial charge in [0.15, 0.2) is 5.82 Å². The molecule has 0 N–H and O–H groups in total. The fourth-order valence-corrected chi connectivity index (χ4v) is 4.21. The number of para-hydroxylation sites is 1. The summed E-state index contributed by atoms with van der Waals surface area (Å²) in [7, 11) is 0. The van der Waals surface area contributed by atoms with Gasteiger partial charge in [0.1, 0.15) is 11.6 Å². The van der Waals surface area contributed by atoms with Crippen molar-refractivity contribution in [3.8, 4) is 5.75 Å². The maximum Gasteiger partial charge on any atom is 0.173 e. The summed E-state index contributed by atoms with van der Waals surface area (Å²) in [5.74, 6) is 1.47. The van der Waals surface area contributed by atoms with E-state index < -0.39 is 0 Å². The number of nitrogens with zero attached hydrogens (tertiary/aromatic N) is 6. The lowest BCUT2D eigenvalue weighted by atomic mass is 10.0. The molecule has 0 spiro atoms. The van der Waals surface area contributed by atoms with Crippen LogP contribution in [0.4, 0.5) is 10.1 Å². The summed E-state index contributed by atoms with van der Waals surface area (Å²) in [6.07, 6.45) is 0. The van der Waals surface area contributed by atoms with Crippen LogP contribution in [0.15, 0.2) is 48.5 Å². The van der Waals surface area contributed by atoms with Crippen LogP contribution >= 0.6 is 0 Å². The van der Waals surface area contributed by atoms with Crippen molar-refractivity contribution >= 4 is 5.69 Å². The van der Waals surface area contributed by atoms with Gasteiger partial charge in [0, 0.05) is 26.2 Å². The van der Waals surface area contributed by atoms with Crippen LogP contribution in [0.1, 0.15) is 45.1 Å². The zero-order valence-corrected chi connectivity index (χ0v) is 19.2. The fraction of sp³-hybridized carbons (Fsp3) is 0.458. The topological polar surface area (TPSA) is 59.3 Å². The second-order valence-electron chi connectivity index (χ2n) is 9.00. The van der Waals surface area contributed by atoms with Gasteiger partial charge in [0.2, 0.25) is 0 Å². The lowest BCUT2D eigenvalue weighted by molar-refractivity contribution is 0.191. The average molecular weight is 439 g/mol. The molecule has 2 heterocycles. The minimum Gasteiger partial charge on any atom is -0.494 e. The molecule has 170 valence electrons. The smallest absolute Gasteiger partial charge is 0.173 e. The van der Waals surface area contributed by atoms with Crippen LogP contribution < -0.4 is 9.64 Å². The molecule has 0 amide bonds. The lowest BCUT2D eigenvalue weighted by Gasteiger charge is -2.40. The van der Waals surface area contributed by atoms with Crippen LogP contribution in [-0.4, -0.2) is 57.9 Å². The molecule has 1 aliphatic rings. The molecule has 3 aromatic rings. The number of tetrazole rings is 1. The van der Waals surface area contributed by atoms with Gasteiger partial charge in [-0.05, 0) is 68.0 Å². The number of hydrogen-bond acceptors (Lipinski definition) is 6. The molecule has 1 aliphatic heterocycles. The highest BCUT2D eigenvalue weighted by atomic mass is 19.1. The zero-order valence-electron chi connectivity index (χ0n) is 19.2. The first-order valence-corrected chi connectivity index (χ1v) is 11.1. The van der Waals surface area contributed by atoms with E-state index in [0.29, 0.717) is 12.3 Å². The van der Waals surface area contributed by atoms with Crippen LogP contribution in [0.2, 0.25) is 0 Å². The van der Waals surface area contributed by atoms with Gasteiger partial charge in [-0.25, -0.2) is 9.07 Å². The number of anilines is 1. The number of rotatable bonds is 6. The molecule has 1 atom stereocenters. The summed E-state index contributed by atoms with van der Waals surface area (Å²) in [6, 6.07) is 15.0. The Morgan fingerprint density at radius 3 is 2.31 bits per heavy atom. The van der Waals surface area contributed by atoms with E-state index in [2.05, 4.69) is 58.2 Å². The summed E-state index contributed by atoms with van der Waals surface area (Å²) in [5, 5.41) is 12.7. The van der Waals surface area contributed by atoms with E-state index in [9.17, 15) is 4.39 Å². The van der Waals surface area contributed by atoms with Gasteiger partial charge in [0.05, 0.1) is 23.9 Å². The predicted molar refractivity (Wildman–Crippen MR) is 122 cm³/mol. The molecule has 1 saturated heterocycles. The number of benzene rings is 2.